The Labute approximate surface area is 105 Å². The van der Waals surface area contributed by atoms with Gasteiger partial charge >= 0.3 is 0 Å². The molecule has 2 heterocycles. The Morgan fingerprint density at radius 1 is 1.47 bits per heavy atom. The predicted octanol–water partition coefficient (Wildman–Crippen LogP) is 3.12. The van der Waals surface area contributed by atoms with Crippen molar-refractivity contribution in [3.05, 3.63) is 22.9 Å². The van der Waals surface area contributed by atoms with Crippen LogP contribution in [0.5, 0.6) is 0 Å². The molecule has 2 rings (SSSR count). The Morgan fingerprint density at radius 3 is 2.76 bits per heavy atom. The van der Waals surface area contributed by atoms with E-state index in [0.717, 1.165) is 11.3 Å². The maximum Gasteiger partial charge on any atom is 0.244 e. The smallest absolute Gasteiger partial charge is 0.244 e. The molecule has 1 atom stereocenters. The molecule has 2 aromatic heterocycles. The van der Waals surface area contributed by atoms with Crippen molar-refractivity contribution < 1.29 is 4.52 Å². The summed E-state index contributed by atoms with van der Waals surface area (Å²) in [7, 11) is 4.04. The van der Waals surface area contributed by atoms with Crippen molar-refractivity contribution in [2.24, 2.45) is 0 Å². The van der Waals surface area contributed by atoms with Gasteiger partial charge in [-0.1, -0.05) is 12.1 Å². The van der Waals surface area contributed by atoms with E-state index in [1.807, 2.05) is 19.5 Å². The van der Waals surface area contributed by atoms with E-state index < -0.39 is 0 Å². The third-order valence-electron chi connectivity index (χ3n) is 2.80. The van der Waals surface area contributed by atoms with E-state index in [2.05, 4.69) is 35.0 Å². The topological polar surface area (TPSA) is 42.2 Å². The zero-order chi connectivity index (χ0) is 12.4. The fourth-order valence-electron chi connectivity index (χ4n) is 1.83. The molecule has 0 N–H and O–H groups in total. The quantitative estimate of drug-likeness (QED) is 0.837. The lowest BCUT2D eigenvalue weighted by molar-refractivity contribution is 0.224. The standard InChI is InChI=1S/C12H17N3OS/c1-5-9(15(3)4)12-13-11(14-16-12)10-8(2)6-7-17-10/h6-7,9H,5H2,1-4H3. The Bertz CT molecular complexity index is 489. The summed E-state index contributed by atoms with van der Waals surface area (Å²) in [5.41, 5.74) is 1.19. The third-order valence-corrected chi connectivity index (χ3v) is 3.81. The van der Waals surface area contributed by atoms with Crippen LogP contribution in [0.1, 0.15) is 30.8 Å². The van der Waals surface area contributed by atoms with Gasteiger partial charge in [-0.2, -0.15) is 4.98 Å². The molecule has 5 heteroatoms. The number of aromatic nitrogens is 2. The summed E-state index contributed by atoms with van der Waals surface area (Å²) in [6.45, 7) is 4.18. The van der Waals surface area contributed by atoms with E-state index in [4.69, 9.17) is 4.52 Å². The minimum atomic E-state index is 0.191. The summed E-state index contributed by atoms with van der Waals surface area (Å²) in [6, 6.07) is 2.26. The number of thiophene rings is 1. The molecule has 2 aromatic rings. The summed E-state index contributed by atoms with van der Waals surface area (Å²) < 4.78 is 5.36. The summed E-state index contributed by atoms with van der Waals surface area (Å²) in [5.74, 6) is 1.40. The summed E-state index contributed by atoms with van der Waals surface area (Å²) in [5, 5.41) is 6.11. The van der Waals surface area contributed by atoms with Gasteiger partial charge in [0.15, 0.2) is 0 Å². The highest BCUT2D eigenvalue weighted by Gasteiger charge is 2.20. The molecule has 92 valence electrons. The van der Waals surface area contributed by atoms with Gasteiger partial charge in [0.1, 0.15) is 0 Å². The SMILES string of the molecule is CCC(c1nc(-c2sccc2C)no1)N(C)C. The molecule has 0 aliphatic rings. The molecular weight excluding hydrogens is 234 g/mol. The van der Waals surface area contributed by atoms with E-state index in [0.29, 0.717) is 11.7 Å². The maximum absolute atomic E-state index is 5.36. The largest absolute Gasteiger partial charge is 0.337 e. The molecule has 0 aromatic carbocycles. The molecule has 0 radical (unpaired) electrons. The van der Waals surface area contributed by atoms with Crippen molar-refractivity contribution in [1.82, 2.24) is 15.0 Å². The molecule has 0 aliphatic carbocycles. The second-order valence-electron chi connectivity index (χ2n) is 4.28. The van der Waals surface area contributed by atoms with Crippen LogP contribution < -0.4 is 0 Å². The number of hydrogen-bond donors (Lipinski definition) is 0. The molecule has 0 aliphatic heterocycles. The normalized spacial score (nSPS) is 13.2. The first-order valence-corrected chi connectivity index (χ1v) is 6.56. The summed E-state index contributed by atoms with van der Waals surface area (Å²) >= 11 is 1.65. The van der Waals surface area contributed by atoms with Gasteiger partial charge < -0.3 is 4.52 Å². The van der Waals surface area contributed by atoms with Crippen LogP contribution in [0.2, 0.25) is 0 Å². The van der Waals surface area contributed by atoms with Gasteiger partial charge in [-0.25, -0.2) is 0 Å². The van der Waals surface area contributed by atoms with Crippen LogP contribution in [0.25, 0.3) is 10.7 Å². The molecule has 0 saturated heterocycles. The van der Waals surface area contributed by atoms with Crippen LogP contribution in [0.15, 0.2) is 16.0 Å². The fourth-order valence-corrected chi connectivity index (χ4v) is 2.68. The second-order valence-corrected chi connectivity index (χ2v) is 5.19. The van der Waals surface area contributed by atoms with Crippen molar-refractivity contribution in [2.75, 3.05) is 14.1 Å². The van der Waals surface area contributed by atoms with E-state index in [9.17, 15) is 0 Å². The second kappa shape index (κ2) is 4.98. The zero-order valence-corrected chi connectivity index (χ0v) is 11.4. The van der Waals surface area contributed by atoms with E-state index in [-0.39, 0.29) is 6.04 Å². The number of hydrogen-bond acceptors (Lipinski definition) is 5. The molecular formula is C12H17N3OS. The Kier molecular flexibility index (Phi) is 3.59. The van der Waals surface area contributed by atoms with Crippen LogP contribution in [0, 0.1) is 6.92 Å². The van der Waals surface area contributed by atoms with Gasteiger partial charge in [-0.15, -0.1) is 11.3 Å². The Morgan fingerprint density at radius 2 is 2.24 bits per heavy atom. The molecule has 0 saturated carbocycles. The number of rotatable bonds is 4. The predicted molar refractivity (Wildman–Crippen MR) is 69.1 cm³/mol. The molecule has 0 amide bonds. The highest BCUT2D eigenvalue weighted by atomic mass is 32.1. The molecule has 0 spiro atoms. The Hall–Kier alpha value is -1.20. The first kappa shape index (κ1) is 12.3. The van der Waals surface area contributed by atoms with Crippen LogP contribution in [0.4, 0.5) is 0 Å². The lowest BCUT2D eigenvalue weighted by Gasteiger charge is -2.17. The van der Waals surface area contributed by atoms with Crippen LogP contribution >= 0.6 is 11.3 Å². The van der Waals surface area contributed by atoms with Crippen molar-refractivity contribution in [3.8, 4) is 10.7 Å². The first-order chi connectivity index (χ1) is 8.13. The van der Waals surface area contributed by atoms with Crippen molar-refractivity contribution in [2.45, 2.75) is 26.3 Å². The number of aryl methyl sites for hydroxylation is 1. The highest BCUT2D eigenvalue weighted by molar-refractivity contribution is 7.13. The molecule has 4 nitrogen and oxygen atoms in total. The maximum atomic E-state index is 5.36. The van der Waals surface area contributed by atoms with E-state index in [1.54, 1.807) is 11.3 Å². The minimum Gasteiger partial charge on any atom is -0.337 e. The van der Waals surface area contributed by atoms with E-state index in [1.165, 1.54) is 5.56 Å². The van der Waals surface area contributed by atoms with E-state index >= 15 is 0 Å². The van der Waals surface area contributed by atoms with Gasteiger partial charge in [0, 0.05) is 0 Å². The third kappa shape index (κ3) is 2.40. The summed E-state index contributed by atoms with van der Waals surface area (Å²) in [6.07, 6.45) is 0.956. The van der Waals surface area contributed by atoms with Gasteiger partial charge in [-0.3, -0.25) is 4.90 Å². The van der Waals surface area contributed by atoms with Crippen LogP contribution in [-0.2, 0) is 0 Å². The molecule has 17 heavy (non-hydrogen) atoms. The van der Waals surface area contributed by atoms with Crippen LogP contribution in [0.3, 0.4) is 0 Å². The van der Waals surface area contributed by atoms with Crippen molar-refractivity contribution in [3.63, 3.8) is 0 Å². The van der Waals surface area contributed by atoms with Gasteiger partial charge in [-0.05, 0) is 44.4 Å². The Balaban J connectivity index is 2.30. The molecule has 0 fully saturated rings. The monoisotopic (exact) mass is 251 g/mol. The fraction of sp³-hybridized carbons (Fsp3) is 0.500. The first-order valence-electron chi connectivity index (χ1n) is 5.68. The lowest BCUT2D eigenvalue weighted by atomic mass is 10.2. The average molecular weight is 251 g/mol. The van der Waals surface area contributed by atoms with Crippen molar-refractivity contribution in [1.29, 1.82) is 0 Å². The van der Waals surface area contributed by atoms with Crippen molar-refractivity contribution >= 4 is 11.3 Å². The molecule has 0 bridgehead atoms. The van der Waals surface area contributed by atoms with Gasteiger partial charge in [0.25, 0.3) is 0 Å². The average Bonchev–Trinajstić information content (AvgIpc) is 2.87. The number of nitrogens with zero attached hydrogens (tertiary/aromatic N) is 3. The van der Waals surface area contributed by atoms with Gasteiger partial charge in [0.2, 0.25) is 11.7 Å². The van der Waals surface area contributed by atoms with Gasteiger partial charge in [0.05, 0.1) is 10.9 Å². The molecule has 1 unspecified atom stereocenters. The lowest BCUT2D eigenvalue weighted by Crippen LogP contribution is -2.19. The zero-order valence-electron chi connectivity index (χ0n) is 10.6. The summed E-state index contributed by atoms with van der Waals surface area (Å²) in [4.78, 5) is 7.68. The van der Waals surface area contributed by atoms with Crippen LogP contribution in [-0.4, -0.2) is 29.1 Å². The highest BCUT2D eigenvalue weighted by Crippen LogP contribution is 2.28. The minimum absolute atomic E-state index is 0.191.